The van der Waals surface area contributed by atoms with E-state index in [0.717, 1.165) is 106 Å². The number of aromatic amines is 2. The zero-order valence-electron chi connectivity index (χ0n) is 35.9. The van der Waals surface area contributed by atoms with Crippen LogP contribution in [0.1, 0.15) is 135 Å². The first kappa shape index (κ1) is 40.8. The van der Waals surface area contributed by atoms with E-state index in [0.29, 0.717) is 18.7 Å². The molecule has 3 aromatic carbocycles. The van der Waals surface area contributed by atoms with Gasteiger partial charge in [0.05, 0.1) is 31.1 Å². The Bertz CT molecular complexity index is 2440. The van der Waals surface area contributed by atoms with Crippen LogP contribution in [0.4, 0.5) is 4.79 Å². The second kappa shape index (κ2) is 16.8. The van der Waals surface area contributed by atoms with Crippen molar-refractivity contribution in [3.63, 3.8) is 0 Å². The number of alkyl carbamates (subject to hydrolysis) is 1. The van der Waals surface area contributed by atoms with Crippen molar-refractivity contribution in [3.05, 3.63) is 131 Å². The number of nitrogens with one attached hydrogen (secondary N) is 4. The molecule has 6 fully saturated rings. The van der Waals surface area contributed by atoms with Gasteiger partial charge >= 0.3 is 6.09 Å². The number of carbonyl (C=O) groups excluding carboxylic acids is 4. The van der Waals surface area contributed by atoms with Gasteiger partial charge in [-0.1, -0.05) is 84.9 Å². The minimum Gasteiger partial charge on any atom is -0.453 e. The van der Waals surface area contributed by atoms with Crippen LogP contribution in [0, 0.1) is 5.92 Å². The lowest BCUT2D eigenvalue weighted by molar-refractivity contribution is -0.138. The number of hydrogen-bond donors (Lipinski definition) is 4. The summed E-state index contributed by atoms with van der Waals surface area (Å²) in [6, 6.07) is 25.9. The molecule has 0 spiro atoms. The lowest BCUT2D eigenvalue weighted by atomic mass is 9.51. The first-order valence-electron chi connectivity index (χ1n) is 22.8. The Balaban J connectivity index is 0.793. The van der Waals surface area contributed by atoms with Gasteiger partial charge in [-0.2, -0.15) is 0 Å². The fraction of sp³-hybridized carbons (Fsp3) is 0.440. The third-order valence-corrected chi connectivity index (χ3v) is 15.0. The van der Waals surface area contributed by atoms with Gasteiger partial charge < -0.3 is 35.1 Å². The molecule has 4 N–H and O–H groups in total. The van der Waals surface area contributed by atoms with E-state index in [2.05, 4.69) is 44.9 Å². The fourth-order valence-corrected chi connectivity index (χ4v) is 11.1. The summed E-state index contributed by atoms with van der Waals surface area (Å²) in [5.41, 5.74) is 6.21. The standard InChI is InChI=1S/C50H56N8O5/c1-63-48(62)56-42(34-12-6-3-7-13-34)47(61)58-29-9-15-39(58)44-52-31-40(54-44)50-25-22-49(23-26-50,24-27-50)36-20-18-32(19-21-36)37-30-51-43(53-37)38-14-8-28-57(38)46(60)41(33-10-4-2-5-11-33)55-45(59)35-16-17-35/h2-7,10-13,18-21,30-31,35,38-39,41-42H,8-9,14-17,22-29H2,1H3,(H,51,53)(H,52,54)(H,55,59)(H,56,62). The van der Waals surface area contributed by atoms with Crippen LogP contribution in [0.2, 0.25) is 0 Å². The molecule has 5 aromatic rings. The average Bonchev–Trinajstić information content (AvgIpc) is 3.79. The zero-order valence-corrected chi connectivity index (χ0v) is 35.9. The van der Waals surface area contributed by atoms with Crippen molar-refractivity contribution in [1.82, 2.24) is 40.4 Å². The SMILES string of the molecule is COC(=O)NC(C(=O)N1CCCC1c1ncc(C23CCC(c4ccc(-c5cnc(C6CCCN6C(=O)C(NC(=O)C6CC6)c6ccccc6)[nH]5)cc4)(CC2)CC3)[nH]1)c1ccccc1. The van der Waals surface area contributed by atoms with E-state index in [9.17, 15) is 19.2 Å². The van der Waals surface area contributed by atoms with Crippen LogP contribution in [0.5, 0.6) is 0 Å². The molecule has 4 saturated carbocycles. The third kappa shape index (κ3) is 7.80. The maximum Gasteiger partial charge on any atom is 0.407 e. The maximum atomic E-state index is 14.2. The van der Waals surface area contributed by atoms with Gasteiger partial charge in [0.15, 0.2) is 0 Å². The zero-order chi connectivity index (χ0) is 43.1. The molecule has 13 heteroatoms. The highest BCUT2D eigenvalue weighted by Crippen LogP contribution is 2.58. The van der Waals surface area contributed by atoms with Gasteiger partial charge in [-0.15, -0.1) is 0 Å². The van der Waals surface area contributed by atoms with Crippen LogP contribution in [0.25, 0.3) is 11.3 Å². The molecule has 6 aliphatic rings. The molecule has 2 bridgehead atoms. The minimum atomic E-state index is -0.852. The number of rotatable bonds is 12. The molecule has 4 atom stereocenters. The first-order chi connectivity index (χ1) is 30.7. The summed E-state index contributed by atoms with van der Waals surface area (Å²) in [6.07, 6.45) is 14.8. The largest absolute Gasteiger partial charge is 0.453 e. The molecule has 2 aliphatic heterocycles. The van der Waals surface area contributed by atoms with E-state index >= 15 is 0 Å². The highest BCUT2D eigenvalue weighted by molar-refractivity contribution is 5.91. The second-order valence-electron chi connectivity index (χ2n) is 18.5. The van der Waals surface area contributed by atoms with Crippen LogP contribution >= 0.6 is 0 Å². The predicted octanol–water partition coefficient (Wildman–Crippen LogP) is 8.04. The van der Waals surface area contributed by atoms with Gasteiger partial charge in [-0.05, 0) is 105 Å². The number of H-pyrrole nitrogens is 2. The Morgan fingerprint density at radius 3 is 1.73 bits per heavy atom. The Kier molecular flexibility index (Phi) is 10.9. The Hall–Kier alpha value is -6.24. The maximum absolute atomic E-state index is 14.2. The van der Waals surface area contributed by atoms with E-state index in [4.69, 9.17) is 14.7 Å². The normalized spacial score (nSPS) is 25.1. The number of ether oxygens (including phenoxy) is 1. The number of hydrogen-bond acceptors (Lipinski definition) is 7. The number of benzene rings is 3. The summed E-state index contributed by atoms with van der Waals surface area (Å²) in [6.45, 7) is 1.22. The summed E-state index contributed by atoms with van der Waals surface area (Å²) in [4.78, 5) is 74.2. The average molecular weight is 849 g/mol. The number of nitrogens with zero attached hydrogens (tertiary/aromatic N) is 4. The van der Waals surface area contributed by atoms with Crippen molar-refractivity contribution in [1.29, 1.82) is 0 Å². The number of amides is 4. The molecule has 13 nitrogen and oxygen atoms in total. The highest BCUT2D eigenvalue weighted by atomic mass is 16.5. The monoisotopic (exact) mass is 848 g/mol. The van der Waals surface area contributed by atoms with Crippen molar-refractivity contribution in [2.24, 2.45) is 5.92 Å². The number of carbonyl (C=O) groups is 4. The molecule has 11 rings (SSSR count). The molecule has 2 saturated heterocycles. The number of fused-ring (bicyclic) bond motifs is 3. The second-order valence-corrected chi connectivity index (χ2v) is 18.5. The quantitative estimate of drug-likeness (QED) is 0.0987. The van der Waals surface area contributed by atoms with Gasteiger partial charge in [-0.3, -0.25) is 14.4 Å². The molecule has 0 radical (unpaired) electrons. The predicted molar refractivity (Wildman–Crippen MR) is 236 cm³/mol. The third-order valence-electron chi connectivity index (χ3n) is 15.0. The summed E-state index contributed by atoms with van der Waals surface area (Å²) in [5.74, 6) is 1.30. The van der Waals surface area contributed by atoms with Gasteiger partial charge in [0.25, 0.3) is 5.91 Å². The Labute approximate surface area is 367 Å². The molecular weight excluding hydrogens is 793 g/mol. The molecule has 4 amide bonds. The Morgan fingerprint density at radius 1 is 0.651 bits per heavy atom. The molecule has 326 valence electrons. The van der Waals surface area contributed by atoms with Gasteiger partial charge in [0, 0.05) is 36.3 Å². The smallest absolute Gasteiger partial charge is 0.407 e. The van der Waals surface area contributed by atoms with Crippen molar-refractivity contribution >= 4 is 23.8 Å². The number of aromatic nitrogens is 4. The van der Waals surface area contributed by atoms with Crippen molar-refractivity contribution < 1.29 is 23.9 Å². The van der Waals surface area contributed by atoms with E-state index in [-0.39, 0.29) is 46.6 Å². The molecule has 4 unspecified atom stereocenters. The molecule has 4 heterocycles. The summed E-state index contributed by atoms with van der Waals surface area (Å²) < 4.78 is 4.88. The van der Waals surface area contributed by atoms with E-state index in [1.165, 1.54) is 18.4 Å². The molecule has 2 aromatic heterocycles. The van der Waals surface area contributed by atoms with Crippen LogP contribution in [0.15, 0.2) is 97.3 Å². The lowest BCUT2D eigenvalue weighted by Gasteiger charge is -2.53. The fourth-order valence-electron chi connectivity index (χ4n) is 11.1. The van der Waals surface area contributed by atoms with E-state index in [1.807, 2.05) is 82.9 Å². The van der Waals surface area contributed by atoms with Crippen molar-refractivity contribution in [2.45, 2.75) is 112 Å². The summed E-state index contributed by atoms with van der Waals surface area (Å²) in [7, 11) is 1.30. The van der Waals surface area contributed by atoms with Gasteiger partial charge in [0.2, 0.25) is 11.8 Å². The van der Waals surface area contributed by atoms with Crippen LogP contribution < -0.4 is 10.6 Å². The minimum absolute atomic E-state index is 0.00707. The van der Waals surface area contributed by atoms with Crippen LogP contribution in [-0.2, 0) is 30.0 Å². The highest BCUT2D eigenvalue weighted by Gasteiger charge is 2.51. The van der Waals surface area contributed by atoms with E-state index in [1.54, 1.807) is 0 Å². The number of methoxy groups -OCH3 is 1. The number of imidazole rings is 2. The summed E-state index contributed by atoms with van der Waals surface area (Å²) in [5, 5.41) is 5.83. The van der Waals surface area contributed by atoms with Crippen LogP contribution in [0.3, 0.4) is 0 Å². The van der Waals surface area contributed by atoms with Crippen molar-refractivity contribution in [2.75, 3.05) is 20.2 Å². The lowest BCUT2D eigenvalue weighted by Crippen LogP contribution is -2.46. The molecular formula is C50H56N8O5. The topological polar surface area (TPSA) is 165 Å². The van der Waals surface area contributed by atoms with Gasteiger partial charge in [-0.25, -0.2) is 14.8 Å². The number of likely N-dealkylation sites (tertiary alicyclic amines) is 2. The molecule has 63 heavy (non-hydrogen) atoms. The van der Waals surface area contributed by atoms with Gasteiger partial charge in [0.1, 0.15) is 23.7 Å². The summed E-state index contributed by atoms with van der Waals surface area (Å²) >= 11 is 0. The van der Waals surface area contributed by atoms with Crippen LogP contribution in [-0.4, -0.2) is 73.7 Å². The first-order valence-corrected chi connectivity index (χ1v) is 22.8. The molecule has 4 aliphatic carbocycles. The van der Waals surface area contributed by atoms with E-state index < -0.39 is 18.2 Å². The Morgan fingerprint density at radius 2 is 1.17 bits per heavy atom. The van der Waals surface area contributed by atoms with Crippen molar-refractivity contribution in [3.8, 4) is 11.3 Å².